The van der Waals surface area contributed by atoms with Crippen LogP contribution in [0, 0.1) is 10.1 Å². The van der Waals surface area contributed by atoms with Crippen molar-refractivity contribution in [3.63, 3.8) is 0 Å². The van der Waals surface area contributed by atoms with Crippen LogP contribution in [0.25, 0.3) is 0 Å². The summed E-state index contributed by atoms with van der Waals surface area (Å²) in [4.78, 5) is 22.5. The van der Waals surface area contributed by atoms with Crippen LogP contribution >= 0.6 is 0 Å². The minimum atomic E-state index is -0.426. The molecule has 7 nitrogen and oxygen atoms in total. The molecule has 1 saturated heterocycles. The maximum absolute atomic E-state index is 11.9. The van der Waals surface area contributed by atoms with E-state index in [1.807, 2.05) is 6.92 Å². The van der Waals surface area contributed by atoms with E-state index in [4.69, 9.17) is 0 Å². The number of carbonyl (C=O) groups is 1. The third-order valence-corrected chi connectivity index (χ3v) is 3.49. The zero-order chi connectivity index (χ0) is 15.2. The second-order valence-corrected chi connectivity index (χ2v) is 5.02. The maximum Gasteiger partial charge on any atom is 0.292 e. The van der Waals surface area contributed by atoms with E-state index in [1.54, 1.807) is 6.07 Å². The highest BCUT2D eigenvalue weighted by molar-refractivity contribution is 5.95. The highest BCUT2D eigenvalue weighted by Crippen LogP contribution is 2.27. The Bertz CT molecular complexity index is 527. The Morgan fingerprint density at radius 2 is 2.14 bits per heavy atom. The summed E-state index contributed by atoms with van der Waals surface area (Å²) in [6.45, 7) is 4.13. The van der Waals surface area contributed by atoms with Crippen LogP contribution in [-0.4, -0.2) is 36.5 Å². The molecule has 0 radical (unpaired) electrons. The predicted molar refractivity (Wildman–Crippen MR) is 80.6 cm³/mol. The molecule has 0 unspecified atom stereocenters. The Balaban J connectivity index is 2.23. The molecule has 3 N–H and O–H groups in total. The van der Waals surface area contributed by atoms with Crippen LogP contribution < -0.4 is 16.0 Å². The van der Waals surface area contributed by atoms with Gasteiger partial charge in [-0.2, -0.15) is 0 Å². The van der Waals surface area contributed by atoms with E-state index >= 15 is 0 Å². The number of nitrogens with one attached hydrogen (secondary N) is 3. The van der Waals surface area contributed by atoms with Gasteiger partial charge in [0, 0.05) is 24.2 Å². The Hall–Kier alpha value is -2.15. The molecule has 2 rings (SSSR count). The van der Waals surface area contributed by atoms with Gasteiger partial charge in [0.15, 0.2) is 0 Å². The van der Waals surface area contributed by atoms with E-state index in [1.165, 1.54) is 12.1 Å². The molecule has 1 amide bonds. The molecule has 1 aliphatic heterocycles. The van der Waals surface area contributed by atoms with E-state index in [0.717, 1.165) is 25.9 Å². The first kappa shape index (κ1) is 15.2. The summed E-state index contributed by atoms with van der Waals surface area (Å²) < 4.78 is 0. The van der Waals surface area contributed by atoms with Crippen LogP contribution in [0.2, 0.25) is 0 Å². The number of piperidine rings is 1. The molecule has 114 valence electrons. The molecule has 1 heterocycles. The fourth-order valence-electron chi connectivity index (χ4n) is 2.40. The van der Waals surface area contributed by atoms with Crippen molar-refractivity contribution in [2.24, 2.45) is 0 Å². The van der Waals surface area contributed by atoms with Crippen LogP contribution in [0.4, 0.5) is 11.4 Å². The van der Waals surface area contributed by atoms with Gasteiger partial charge in [0.05, 0.1) is 4.92 Å². The lowest BCUT2D eigenvalue weighted by atomic mass is 10.1. The van der Waals surface area contributed by atoms with Crippen LogP contribution in [0.5, 0.6) is 0 Å². The van der Waals surface area contributed by atoms with Crippen molar-refractivity contribution < 1.29 is 9.72 Å². The topological polar surface area (TPSA) is 96.3 Å². The average Bonchev–Trinajstić information content (AvgIpc) is 2.48. The number of hydrogen-bond donors (Lipinski definition) is 3. The van der Waals surface area contributed by atoms with Gasteiger partial charge in [-0.1, -0.05) is 0 Å². The van der Waals surface area contributed by atoms with Gasteiger partial charge in [-0.25, -0.2) is 0 Å². The Morgan fingerprint density at radius 3 is 2.76 bits per heavy atom. The Kier molecular flexibility index (Phi) is 5.10. The molecule has 0 atom stereocenters. The van der Waals surface area contributed by atoms with Gasteiger partial charge in [0.2, 0.25) is 0 Å². The summed E-state index contributed by atoms with van der Waals surface area (Å²) in [5.41, 5.74) is 0.844. The van der Waals surface area contributed by atoms with Crippen molar-refractivity contribution in [3.05, 3.63) is 33.9 Å². The lowest BCUT2D eigenvalue weighted by molar-refractivity contribution is -0.384. The minimum absolute atomic E-state index is 0.00146. The number of anilines is 1. The van der Waals surface area contributed by atoms with Crippen molar-refractivity contribution in [2.45, 2.75) is 25.8 Å². The molecule has 1 aliphatic rings. The molecular weight excluding hydrogens is 272 g/mol. The largest absolute Gasteiger partial charge is 0.377 e. The van der Waals surface area contributed by atoms with Crippen molar-refractivity contribution >= 4 is 17.3 Å². The van der Waals surface area contributed by atoms with Gasteiger partial charge in [-0.05, 0) is 45.0 Å². The molecule has 0 saturated carbocycles. The van der Waals surface area contributed by atoms with Gasteiger partial charge in [-0.3, -0.25) is 14.9 Å². The standard InChI is InChI=1S/C14H20N4O3/c1-2-16-14(19)10-3-4-13(18(20)21)12(9-10)17-11-5-7-15-8-6-11/h3-4,9,11,15,17H,2,5-8H2,1H3,(H,16,19). The quantitative estimate of drug-likeness (QED) is 0.564. The van der Waals surface area contributed by atoms with Gasteiger partial charge < -0.3 is 16.0 Å². The predicted octanol–water partition coefficient (Wildman–Crippen LogP) is 1.51. The summed E-state index contributed by atoms with van der Waals surface area (Å²) in [6, 6.07) is 4.62. The number of benzene rings is 1. The molecule has 0 bridgehead atoms. The molecule has 0 aliphatic carbocycles. The van der Waals surface area contributed by atoms with Gasteiger partial charge in [0.1, 0.15) is 5.69 Å². The third kappa shape index (κ3) is 3.91. The zero-order valence-corrected chi connectivity index (χ0v) is 12.0. The number of nitrogens with zero attached hydrogens (tertiary/aromatic N) is 1. The summed E-state index contributed by atoms with van der Waals surface area (Å²) in [7, 11) is 0. The number of hydrogen-bond acceptors (Lipinski definition) is 5. The van der Waals surface area contributed by atoms with Crippen LogP contribution in [0.15, 0.2) is 18.2 Å². The number of nitro groups is 1. The number of amides is 1. The molecule has 1 aromatic carbocycles. The summed E-state index contributed by atoms with van der Waals surface area (Å²) >= 11 is 0. The summed E-state index contributed by atoms with van der Waals surface area (Å²) in [6.07, 6.45) is 1.81. The van der Waals surface area contributed by atoms with Crippen LogP contribution in [0.1, 0.15) is 30.1 Å². The summed E-state index contributed by atoms with van der Waals surface area (Å²) in [5, 5.41) is 20.3. The van der Waals surface area contributed by atoms with E-state index < -0.39 is 4.92 Å². The Morgan fingerprint density at radius 1 is 1.43 bits per heavy atom. The fourth-order valence-corrected chi connectivity index (χ4v) is 2.40. The molecule has 7 heteroatoms. The lowest BCUT2D eigenvalue weighted by Crippen LogP contribution is -2.35. The first-order chi connectivity index (χ1) is 10.1. The van der Waals surface area contributed by atoms with Gasteiger partial charge in [-0.15, -0.1) is 0 Å². The molecule has 0 aromatic heterocycles. The SMILES string of the molecule is CCNC(=O)c1ccc([N+](=O)[O-])c(NC2CCNCC2)c1. The molecular formula is C14H20N4O3. The second kappa shape index (κ2) is 7.03. The normalized spacial score (nSPS) is 15.5. The van der Waals surface area contributed by atoms with Gasteiger partial charge in [0.25, 0.3) is 11.6 Å². The van der Waals surface area contributed by atoms with Crippen molar-refractivity contribution in [2.75, 3.05) is 25.0 Å². The molecule has 21 heavy (non-hydrogen) atoms. The first-order valence-corrected chi connectivity index (χ1v) is 7.15. The van der Waals surface area contributed by atoms with Crippen molar-refractivity contribution in [3.8, 4) is 0 Å². The van der Waals surface area contributed by atoms with Gasteiger partial charge >= 0.3 is 0 Å². The van der Waals surface area contributed by atoms with Crippen molar-refractivity contribution in [1.82, 2.24) is 10.6 Å². The summed E-state index contributed by atoms with van der Waals surface area (Å²) in [5.74, 6) is -0.222. The van der Waals surface area contributed by atoms with E-state index in [0.29, 0.717) is 17.8 Å². The fraction of sp³-hybridized carbons (Fsp3) is 0.500. The maximum atomic E-state index is 11.9. The highest BCUT2D eigenvalue weighted by atomic mass is 16.6. The smallest absolute Gasteiger partial charge is 0.292 e. The van der Waals surface area contributed by atoms with Crippen LogP contribution in [-0.2, 0) is 0 Å². The van der Waals surface area contributed by atoms with E-state index in [9.17, 15) is 14.9 Å². The molecule has 1 fully saturated rings. The lowest BCUT2D eigenvalue weighted by Gasteiger charge is -2.24. The zero-order valence-electron chi connectivity index (χ0n) is 12.0. The minimum Gasteiger partial charge on any atom is -0.377 e. The van der Waals surface area contributed by atoms with E-state index in [2.05, 4.69) is 16.0 Å². The van der Waals surface area contributed by atoms with E-state index in [-0.39, 0.29) is 17.6 Å². The number of carbonyl (C=O) groups excluding carboxylic acids is 1. The number of rotatable bonds is 5. The first-order valence-electron chi connectivity index (χ1n) is 7.15. The van der Waals surface area contributed by atoms with Crippen LogP contribution in [0.3, 0.4) is 0 Å². The van der Waals surface area contributed by atoms with Crippen molar-refractivity contribution in [1.29, 1.82) is 0 Å². The Labute approximate surface area is 123 Å². The molecule has 1 aromatic rings. The number of nitro benzene ring substituents is 1. The average molecular weight is 292 g/mol. The second-order valence-electron chi connectivity index (χ2n) is 5.02. The third-order valence-electron chi connectivity index (χ3n) is 3.49. The monoisotopic (exact) mass is 292 g/mol. The highest BCUT2D eigenvalue weighted by Gasteiger charge is 2.20. The molecule has 0 spiro atoms.